The number of thiophene rings is 1. The molecule has 0 aliphatic carbocycles. The lowest BCUT2D eigenvalue weighted by Crippen LogP contribution is -2.10. The maximum atomic E-state index is 12.3. The van der Waals surface area contributed by atoms with Crippen molar-refractivity contribution in [3.05, 3.63) is 52.9 Å². The van der Waals surface area contributed by atoms with Gasteiger partial charge >= 0.3 is 0 Å². The number of hydrogen-bond acceptors (Lipinski definition) is 4. The van der Waals surface area contributed by atoms with Crippen molar-refractivity contribution in [2.45, 2.75) is 19.8 Å². The van der Waals surface area contributed by atoms with E-state index < -0.39 is 0 Å². The van der Waals surface area contributed by atoms with E-state index in [0.29, 0.717) is 11.5 Å². The third-order valence-corrected chi connectivity index (χ3v) is 4.35. The lowest BCUT2D eigenvalue weighted by atomic mass is 10.1. The van der Waals surface area contributed by atoms with Crippen molar-refractivity contribution in [1.29, 1.82) is 0 Å². The van der Waals surface area contributed by atoms with Gasteiger partial charge in [-0.3, -0.25) is 9.78 Å². The molecule has 5 heteroatoms. The summed E-state index contributed by atoms with van der Waals surface area (Å²) in [6.07, 6.45) is 3.82. The number of hydrogen-bond donors (Lipinski definition) is 1. The summed E-state index contributed by atoms with van der Waals surface area (Å²) in [5, 5.41) is 5.73. The van der Waals surface area contributed by atoms with Crippen molar-refractivity contribution in [2.24, 2.45) is 0 Å². The topological polar surface area (TPSA) is 51.2 Å². The van der Waals surface area contributed by atoms with Crippen LogP contribution in [0.1, 0.15) is 29.4 Å². The van der Waals surface area contributed by atoms with Crippen LogP contribution < -0.4 is 10.1 Å². The van der Waals surface area contributed by atoms with Gasteiger partial charge < -0.3 is 10.1 Å². The van der Waals surface area contributed by atoms with Crippen LogP contribution in [0.15, 0.2) is 48.0 Å². The summed E-state index contributed by atoms with van der Waals surface area (Å²) in [6.45, 7) is 2.80. The molecular formula is C18H18N2O2S. The number of aromatic nitrogens is 1. The van der Waals surface area contributed by atoms with Gasteiger partial charge in [-0.1, -0.05) is 19.4 Å². The fourth-order valence-corrected chi connectivity index (χ4v) is 2.91. The van der Waals surface area contributed by atoms with Crippen LogP contribution in [0.4, 0.5) is 5.69 Å². The minimum atomic E-state index is -0.107. The Bertz CT molecular complexity index is 800. The minimum Gasteiger partial charge on any atom is -0.491 e. The van der Waals surface area contributed by atoms with E-state index >= 15 is 0 Å². The van der Waals surface area contributed by atoms with Crippen LogP contribution in [0.25, 0.3) is 10.9 Å². The second kappa shape index (κ2) is 7.24. The highest BCUT2D eigenvalue weighted by atomic mass is 32.1. The van der Waals surface area contributed by atoms with E-state index in [-0.39, 0.29) is 5.91 Å². The number of nitrogens with one attached hydrogen (secondary N) is 1. The summed E-state index contributed by atoms with van der Waals surface area (Å²) in [5.41, 5.74) is 1.52. The van der Waals surface area contributed by atoms with Crippen molar-refractivity contribution < 1.29 is 9.53 Å². The van der Waals surface area contributed by atoms with E-state index in [9.17, 15) is 4.79 Å². The van der Waals surface area contributed by atoms with Crippen LogP contribution in [-0.4, -0.2) is 17.5 Å². The molecule has 2 aromatic heterocycles. The number of fused-ring (bicyclic) bond motifs is 1. The lowest BCUT2D eigenvalue weighted by molar-refractivity contribution is 0.103. The molecule has 0 spiro atoms. The SMILES string of the molecule is CCCCOc1ccc(NC(=O)c2cccs2)c2cccnc12. The van der Waals surface area contributed by atoms with Gasteiger partial charge in [0.25, 0.3) is 5.91 Å². The van der Waals surface area contributed by atoms with Crippen molar-refractivity contribution in [3.63, 3.8) is 0 Å². The maximum absolute atomic E-state index is 12.3. The Morgan fingerprint density at radius 2 is 2.17 bits per heavy atom. The fraction of sp³-hybridized carbons (Fsp3) is 0.222. The van der Waals surface area contributed by atoms with Gasteiger partial charge in [0.15, 0.2) is 0 Å². The number of benzene rings is 1. The predicted molar refractivity (Wildman–Crippen MR) is 94.4 cm³/mol. The average Bonchev–Trinajstić information content (AvgIpc) is 3.11. The van der Waals surface area contributed by atoms with E-state index in [1.54, 1.807) is 6.20 Å². The number of anilines is 1. The summed E-state index contributed by atoms with van der Waals surface area (Å²) in [5.74, 6) is 0.646. The standard InChI is InChI=1S/C18H18N2O2S/c1-2-3-11-22-15-9-8-14(13-6-4-10-19-17(13)15)20-18(21)16-7-5-12-23-16/h4-10,12H,2-3,11H2,1H3,(H,20,21). The maximum Gasteiger partial charge on any atom is 0.265 e. The molecule has 0 aliphatic heterocycles. The van der Waals surface area contributed by atoms with E-state index in [0.717, 1.165) is 35.2 Å². The lowest BCUT2D eigenvalue weighted by Gasteiger charge is -2.12. The molecule has 0 bridgehead atoms. The second-order valence-corrected chi connectivity index (χ2v) is 6.09. The number of carbonyl (C=O) groups excluding carboxylic acids is 1. The molecule has 0 saturated heterocycles. The number of unbranched alkanes of at least 4 members (excludes halogenated alkanes) is 1. The number of pyridine rings is 1. The molecule has 3 aromatic rings. The van der Waals surface area contributed by atoms with Crippen LogP contribution in [-0.2, 0) is 0 Å². The Morgan fingerprint density at radius 1 is 1.26 bits per heavy atom. The van der Waals surface area contributed by atoms with Gasteiger partial charge in [0.1, 0.15) is 11.3 Å². The molecule has 0 saturated carbocycles. The number of ether oxygens (including phenoxy) is 1. The largest absolute Gasteiger partial charge is 0.491 e. The highest BCUT2D eigenvalue weighted by Gasteiger charge is 2.12. The van der Waals surface area contributed by atoms with Gasteiger partial charge in [0.05, 0.1) is 17.2 Å². The van der Waals surface area contributed by atoms with Crippen LogP contribution in [0, 0.1) is 0 Å². The molecule has 23 heavy (non-hydrogen) atoms. The van der Waals surface area contributed by atoms with Gasteiger partial charge in [-0.2, -0.15) is 0 Å². The van der Waals surface area contributed by atoms with Gasteiger partial charge in [0, 0.05) is 11.6 Å². The van der Waals surface area contributed by atoms with Crippen molar-refractivity contribution >= 4 is 33.8 Å². The number of amides is 1. The Labute approximate surface area is 139 Å². The van der Waals surface area contributed by atoms with E-state index in [2.05, 4.69) is 17.2 Å². The third-order valence-electron chi connectivity index (χ3n) is 3.48. The van der Waals surface area contributed by atoms with Gasteiger partial charge in [-0.15, -0.1) is 11.3 Å². The summed E-state index contributed by atoms with van der Waals surface area (Å²) in [4.78, 5) is 17.4. The van der Waals surface area contributed by atoms with Crippen molar-refractivity contribution in [3.8, 4) is 5.75 Å². The Kier molecular flexibility index (Phi) is 4.88. The van der Waals surface area contributed by atoms with E-state index in [4.69, 9.17) is 4.74 Å². The highest BCUT2D eigenvalue weighted by molar-refractivity contribution is 7.12. The molecule has 1 amide bonds. The monoisotopic (exact) mass is 326 g/mol. The smallest absolute Gasteiger partial charge is 0.265 e. The summed E-state index contributed by atoms with van der Waals surface area (Å²) >= 11 is 1.42. The first-order valence-electron chi connectivity index (χ1n) is 7.65. The summed E-state index contributed by atoms with van der Waals surface area (Å²) in [6, 6.07) is 11.2. The molecule has 1 aromatic carbocycles. The zero-order valence-electron chi connectivity index (χ0n) is 12.9. The molecule has 3 rings (SSSR count). The number of rotatable bonds is 6. The van der Waals surface area contributed by atoms with E-state index in [1.807, 2.05) is 41.8 Å². The number of carbonyl (C=O) groups is 1. The van der Waals surface area contributed by atoms with Crippen molar-refractivity contribution in [1.82, 2.24) is 4.98 Å². The Hall–Kier alpha value is -2.40. The molecule has 0 atom stereocenters. The summed E-state index contributed by atoms with van der Waals surface area (Å²) < 4.78 is 5.82. The molecule has 118 valence electrons. The third kappa shape index (κ3) is 3.51. The number of nitrogens with zero attached hydrogens (tertiary/aromatic N) is 1. The zero-order valence-corrected chi connectivity index (χ0v) is 13.7. The first-order chi connectivity index (χ1) is 11.3. The first-order valence-corrected chi connectivity index (χ1v) is 8.53. The van der Waals surface area contributed by atoms with Crippen LogP contribution in [0.5, 0.6) is 5.75 Å². The van der Waals surface area contributed by atoms with Gasteiger partial charge in [0.2, 0.25) is 0 Å². The molecule has 1 N–H and O–H groups in total. The van der Waals surface area contributed by atoms with Crippen molar-refractivity contribution in [2.75, 3.05) is 11.9 Å². The molecule has 0 unspecified atom stereocenters. The fourth-order valence-electron chi connectivity index (χ4n) is 2.29. The van der Waals surface area contributed by atoms with Crippen LogP contribution in [0.3, 0.4) is 0 Å². The molecule has 0 fully saturated rings. The van der Waals surface area contributed by atoms with Gasteiger partial charge in [-0.25, -0.2) is 0 Å². The van der Waals surface area contributed by atoms with Crippen LogP contribution >= 0.6 is 11.3 Å². The molecule has 0 radical (unpaired) electrons. The Morgan fingerprint density at radius 3 is 2.96 bits per heavy atom. The Balaban J connectivity index is 1.90. The quantitative estimate of drug-likeness (QED) is 0.666. The normalized spacial score (nSPS) is 10.7. The minimum absolute atomic E-state index is 0.107. The highest BCUT2D eigenvalue weighted by Crippen LogP contribution is 2.30. The molecule has 0 aliphatic rings. The first kappa shape index (κ1) is 15.5. The van der Waals surface area contributed by atoms with Crippen LogP contribution in [0.2, 0.25) is 0 Å². The molecule has 2 heterocycles. The predicted octanol–water partition coefficient (Wildman–Crippen LogP) is 4.73. The molecule has 4 nitrogen and oxygen atoms in total. The second-order valence-electron chi connectivity index (χ2n) is 5.14. The summed E-state index contributed by atoms with van der Waals surface area (Å²) in [7, 11) is 0. The zero-order chi connectivity index (χ0) is 16.1. The van der Waals surface area contributed by atoms with Gasteiger partial charge in [-0.05, 0) is 42.1 Å². The molecular weight excluding hydrogens is 308 g/mol. The average molecular weight is 326 g/mol. The van der Waals surface area contributed by atoms with E-state index in [1.165, 1.54) is 11.3 Å².